The number of nitrogens with two attached hydrogens (primary N) is 1. The molecular formula is C13H13NO5S. The van der Waals surface area contributed by atoms with E-state index in [4.69, 9.17) is 15.4 Å². The van der Waals surface area contributed by atoms with E-state index in [-0.39, 0.29) is 10.5 Å². The van der Waals surface area contributed by atoms with E-state index in [0.29, 0.717) is 5.69 Å². The summed E-state index contributed by atoms with van der Waals surface area (Å²) >= 11 is 0. The molecule has 0 aliphatic rings. The van der Waals surface area contributed by atoms with Crippen LogP contribution >= 0.6 is 0 Å². The third-order valence-electron chi connectivity index (χ3n) is 2.23. The summed E-state index contributed by atoms with van der Waals surface area (Å²) in [7, 11) is -4.00. The molecule has 0 fully saturated rings. The van der Waals surface area contributed by atoms with Gasteiger partial charge in [0.1, 0.15) is 0 Å². The molecule has 0 saturated heterocycles. The Morgan fingerprint density at radius 2 is 1.45 bits per heavy atom. The normalized spacial score (nSPS) is 10.2. The van der Waals surface area contributed by atoms with Crippen LogP contribution in [0.25, 0.3) is 0 Å². The van der Waals surface area contributed by atoms with E-state index in [1.165, 1.54) is 18.2 Å². The van der Waals surface area contributed by atoms with Crippen molar-refractivity contribution in [3.05, 3.63) is 60.2 Å². The number of anilines is 1. The molecule has 0 aromatic heterocycles. The van der Waals surface area contributed by atoms with E-state index in [9.17, 15) is 13.2 Å². The highest BCUT2D eigenvalue weighted by molar-refractivity contribution is 7.85. The van der Waals surface area contributed by atoms with E-state index in [0.717, 1.165) is 0 Å². The van der Waals surface area contributed by atoms with Crippen LogP contribution in [0.15, 0.2) is 59.5 Å². The zero-order valence-electron chi connectivity index (χ0n) is 10.3. The van der Waals surface area contributed by atoms with Crippen molar-refractivity contribution >= 4 is 21.8 Å². The van der Waals surface area contributed by atoms with Gasteiger partial charge < -0.3 is 10.8 Å². The summed E-state index contributed by atoms with van der Waals surface area (Å²) in [6.07, 6.45) is 0. The number of carboxylic acids is 1. The fourth-order valence-electron chi connectivity index (χ4n) is 1.28. The lowest BCUT2D eigenvalue weighted by atomic mass is 10.2. The van der Waals surface area contributed by atoms with E-state index in [1.54, 1.807) is 36.4 Å². The van der Waals surface area contributed by atoms with Crippen molar-refractivity contribution in [3.8, 4) is 0 Å². The highest BCUT2D eigenvalue weighted by Crippen LogP contribution is 2.09. The molecule has 0 radical (unpaired) electrons. The Labute approximate surface area is 116 Å². The second kappa shape index (κ2) is 6.69. The lowest BCUT2D eigenvalue weighted by Gasteiger charge is -1.96. The Hall–Kier alpha value is -2.38. The van der Waals surface area contributed by atoms with Crippen molar-refractivity contribution in [2.75, 3.05) is 5.73 Å². The predicted octanol–water partition coefficient (Wildman–Crippen LogP) is 1.90. The first kappa shape index (κ1) is 15.7. The Bertz CT molecular complexity index is 683. The summed E-state index contributed by atoms with van der Waals surface area (Å²) in [6, 6.07) is 13.8. The van der Waals surface area contributed by atoms with E-state index in [2.05, 4.69) is 0 Å². The van der Waals surface area contributed by atoms with Crippen LogP contribution < -0.4 is 5.73 Å². The predicted molar refractivity (Wildman–Crippen MR) is 74.1 cm³/mol. The minimum atomic E-state index is -4.00. The van der Waals surface area contributed by atoms with Gasteiger partial charge in [0.05, 0.1) is 10.5 Å². The summed E-state index contributed by atoms with van der Waals surface area (Å²) in [5.41, 5.74) is 5.80. The summed E-state index contributed by atoms with van der Waals surface area (Å²) in [6.45, 7) is 0. The van der Waals surface area contributed by atoms with Crippen LogP contribution in [0.5, 0.6) is 0 Å². The molecule has 2 aromatic carbocycles. The first-order chi connectivity index (χ1) is 9.32. The number of carbonyl (C=O) groups is 1. The minimum Gasteiger partial charge on any atom is -0.478 e. The number of carboxylic acid groups (broad SMARTS) is 1. The van der Waals surface area contributed by atoms with Crippen LogP contribution in [0.1, 0.15) is 10.4 Å². The molecule has 0 atom stereocenters. The van der Waals surface area contributed by atoms with Crippen LogP contribution in [0.2, 0.25) is 0 Å². The lowest BCUT2D eigenvalue weighted by Crippen LogP contribution is -2.00. The van der Waals surface area contributed by atoms with Gasteiger partial charge in [-0.25, -0.2) is 4.79 Å². The number of aromatic carboxylic acids is 1. The molecule has 0 aliphatic carbocycles. The largest absolute Gasteiger partial charge is 0.478 e. The summed E-state index contributed by atoms with van der Waals surface area (Å²) in [4.78, 5) is 10.3. The van der Waals surface area contributed by atoms with Crippen LogP contribution in [0.3, 0.4) is 0 Å². The monoisotopic (exact) mass is 295 g/mol. The molecule has 4 N–H and O–H groups in total. The fraction of sp³-hybridized carbons (Fsp3) is 0. The van der Waals surface area contributed by atoms with Crippen molar-refractivity contribution in [3.63, 3.8) is 0 Å². The summed E-state index contributed by atoms with van der Waals surface area (Å²) < 4.78 is 29.2. The standard InChI is InChI=1S/C7H7NO2.C6H6O3S/c8-6-4-2-1-3-5(6)7(9)10;7-10(8,9)6-4-2-1-3-5-6/h1-4H,8H2,(H,9,10);1-5H,(H,7,8,9). The lowest BCUT2D eigenvalue weighted by molar-refractivity contribution is 0.0698. The van der Waals surface area contributed by atoms with Crippen LogP contribution in [-0.4, -0.2) is 24.0 Å². The number of para-hydroxylation sites is 1. The molecule has 0 amide bonds. The average molecular weight is 295 g/mol. The zero-order chi connectivity index (χ0) is 15.2. The third kappa shape index (κ3) is 4.71. The highest BCUT2D eigenvalue weighted by Gasteiger charge is 2.05. The summed E-state index contributed by atoms with van der Waals surface area (Å²) in [5.74, 6) is -0.988. The number of hydrogen-bond donors (Lipinski definition) is 3. The fourth-order valence-corrected chi connectivity index (χ4v) is 1.79. The van der Waals surface area contributed by atoms with Gasteiger partial charge in [-0.3, -0.25) is 4.55 Å². The van der Waals surface area contributed by atoms with Crippen molar-refractivity contribution in [2.45, 2.75) is 4.90 Å². The van der Waals surface area contributed by atoms with Crippen molar-refractivity contribution in [1.82, 2.24) is 0 Å². The Kier molecular flexibility index (Phi) is 5.24. The second-order valence-electron chi connectivity index (χ2n) is 3.68. The van der Waals surface area contributed by atoms with E-state index < -0.39 is 16.1 Å². The smallest absolute Gasteiger partial charge is 0.337 e. The van der Waals surface area contributed by atoms with Gasteiger partial charge in [0.25, 0.3) is 10.1 Å². The summed E-state index contributed by atoms with van der Waals surface area (Å²) in [5, 5.41) is 8.49. The molecule has 2 aromatic rings. The van der Waals surface area contributed by atoms with Crippen LogP contribution in [-0.2, 0) is 10.1 Å². The molecule has 6 nitrogen and oxygen atoms in total. The Morgan fingerprint density at radius 1 is 0.950 bits per heavy atom. The van der Waals surface area contributed by atoms with Gasteiger partial charge in [-0.1, -0.05) is 30.3 Å². The van der Waals surface area contributed by atoms with Gasteiger partial charge in [0.2, 0.25) is 0 Å². The minimum absolute atomic E-state index is 0.0741. The molecule has 0 heterocycles. The van der Waals surface area contributed by atoms with E-state index in [1.807, 2.05) is 0 Å². The quantitative estimate of drug-likeness (QED) is 0.575. The first-order valence-electron chi connectivity index (χ1n) is 5.42. The molecule has 106 valence electrons. The third-order valence-corrected chi connectivity index (χ3v) is 3.10. The molecule has 0 aliphatic heterocycles. The second-order valence-corrected chi connectivity index (χ2v) is 5.10. The average Bonchev–Trinajstić information content (AvgIpc) is 2.40. The molecule has 0 spiro atoms. The topological polar surface area (TPSA) is 118 Å². The highest BCUT2D eigenvalue weighted by atomic mass is 32.2. The van der Waals surface area contributed by atoms with Crippen LogP contribution in [0.4, 0.5) is 5.69 Å². The SMILES string of the molecule is Nc1ccccc1C(=O)O.O=S(=O)(O)c1ccccc1. The van der Waals surface area contributed by atoms with Crippen LogP contribution in [0, 0.1) is 0 Å². The molecule has 0 bridgehead atoms. The van der Waals surface area contributed by atoms with Gasteiger partial charge in [-0.2, -0.15) is 8.42 Å². The number of nitrogen functional groups attached to an aromatic ring is 1. The van der Waals surface area contributed by atoms with Crippen molar-refractivity contribution in [2.24, 2.45) is 0 Å². The maximum absolute atomic E-state index is 10.4. The molecule has 7 heteroatoms. The first-order valence-corrected chi connectivity index (χ1v) is 6.86. The Morgan fingerprint density at radius 3 is 1.80 bits per heavy atom. The number of benzene rings is 2. The molecule has 2 rings (SSSR count). The molecule has 0 unspecified atom stereocenters. The van der Waals surface area contributed by atoms with Crippen molar-refractivity contribution in [1.29, 1.82) is 0 Å². The van der Waals surface area contributed by atoms with Gasteiger partial charge in [0, 0.05) is 5.69 Å². The number of hydrogen-bond acceptors (Lipinski definition) is 4. The molecule has 0 saturated carbocycles. The Balaban J connectivity index is 0.000000200. The number of rotatable bonds is 2. The maximum Gasteiger partial charge on any atom is 0.337 e. The van der Waals surface area contributed by atoms with Crippen molar-refractivity contribution < 1.29 is 22.9 Å². The molecule has 20 heavy (non-hydrogen) atoms. The van der Waals surface area contributed by atoms with E-state index >= 15 is 0 Å². The zero-order valence-corrected chi connectivity index (χ0v) is 11.1. The van der Waals surface area contributed by atoms with Gasteiger partial charge in [-0.05, 0) is 24.3 Å². The van der Waals surface area contributed by atoms with Gasteiger partial charge >= 0.3 is 5.97 Å². The molecular weight excluding hydrogens is 282 g/mol. The van der Waals surface area contributed by atoms with Gasteiger partial charge in [-0.15, -0.1) is 0 Å². The van der Waals surface area contributed by atoms with Gasteiger partial charge in [0.15, 0.2) is 0 Å². The maximum atomic E-state index is 10.4.